The number of aromatic nitrogens is 2. The van der Waals surface area contributed by atoms with Crippen LogP contribution in [0, 0.1) is 0 Å². The van der Waals surface area contributed by atoms with Crippen molar-refractivity contribution in [3.8, 4) is 0 Å². The molecular formula is C15H24N4O2. The summed E-state index contributed by atoms with van der Waals surface area (Å²) in [5, 5.41) is 5.95. The Bertz CT molecular complexity index is 454. The van der Waals surface area contributed by atoms with Crippen LogP contribution in [0.2, 0.25) is 0 Å². The van der Waals surface area contributed by atoms with Gasteiger partial charge in [0.1, 0.15) is 5.60 Å². The van der Waals surface area contributed by atoms with Gasteiger partial charge in [-0.1, -0.05) is 12.2 Å². The average molecular weight is 292 g/mol. The van der Waals surface area contributed by atoms with E-state index >= 15 is 0 Å². The van der Waals surface area contributed by atoms with E-state index in [1.165, 1.54) is 0 Å². The van der Waals surface area contributed by atoms with Crippen LogP contribution in [0.3, 0.4) is 0 Å². The van der Waals surface area contributed by atoms with Crippen LogP contribution < -0.4 is 10.6 Å². The molecule has 1 rings (SSSR count). The summed E-state index contributed by atoms with van der Waals surface area (Å²) in [5.74, 6) is 0. The number of carbonyl (C=O) groups is 1. The number of hydrogen-bond acceptors (Lipinski definition) is 5. The average Bonchev–Trinajstić information content (AvgIpc) is 2.41. The van der Waals surface area contributed by atoms with Crippen LogP contribution in [-0.2, 0) is 4.74 Å². The maximum atomic E-state index is 11.4. The summed E-state index contributed by atoms with van der Waals surface area (Å²) in [6, 6.07) is 0.127. The van der Waals surface area contributed by atoms with Gasteiger partial charge in [-0.2, -0.15) is 0 Å². The van der Waals surface area contributed by atoms with Gasteiger partial charge in [-0.25, -0.2) is 4.79 Å². The van der Waals surface area contributed by atoms with E-state index < -0.39 is 11.7 Å². The second-order valence-electron chi connectivity index (χ2n) is 5.61. The number of rotatable bonds is 6. The topological polar surface area (TPSA) is 76.1 Å². The van der Waals surface area contributed by atoms with Gasteiger partial charge >= 0.3 is 6.09 Å². The van der Waals surface area contributed by atoms with Gasteiger partial charge in [0, 0.05) is 37.7 Å². The van der Waals surface area contributed by atoms with Gasteiger partial charge < -0.3 is 15.4 Å². The summed E-state index contributed by atoms with van der Waals surface area (Å²) < 4.78 is 5.13. The van der Waals surface area contributed by atoms with Gasteiger partial charge in [0.2, 0.25) is 0 Å². The first-order chi connectivity index (χ1) is 9.88. The van der Waals surface area contributed by atoms with E-state index in [4.69, 9.17) is 4.74 Å². The standard InChI is InChI=1S/C15H24N4O2/c1-12(13-11-16-9-10-18-13)17-7-5-6-8-19-14(20)21-15(2,3)4/h5-6,9-12,17H,7-8H2,1-4H3,(H,19,20)/b6-5+. The predicted molar refractivity (Wildman–Crippen MR) is 81.8 cm³/mol. The van der Waals surface area contributed by atoms with Crippen molar-refractivity contribution in [1.29, 1.82) is 0 Å². The first kappa shape index (κ1) is 17.1. The van der Waals surface area contributed by atoms with E-state index in [-0.39, 0.29) is 6.04 Å². The van der Waals surface area contributed by atoms with Crippen molar-refractivity contribution in [2.75, 3.05) is 13.1 Å². The fourth-order valence-corrected chi connectivity index (χ4v) is 1.51. The number of nitrogens with zero attached hydrogens (tertiary/aromatic N) is 2. The largest absolute Gasteiger partial charge is 0.444 e. The molecule has 21 heavy (non-hydrogen) atoms. The van der Waals surface area contributed by atoms with Crippen molar-refractivity contribution in [2.45, 2.75) is 39.3 Å². The Hall–Kier alpha value is -1.95. The van der Waals surface area contributed by atoms with Crippen molar-refractivity contribution >= 4 is 6.09 Å². The van der Waals surface area contributed by atoms with Crippen LogP contribution in [0.5, 0.6) is 0 Å². The Morgan fingerprint density at radius 1 is 1.33 bits per heavy atom. The lowest BCUT2D eigenvalue weighted by molar-refractivity contribution is 0.0534. The maximum Gasteiger partial charge on any atom is 0.407 e. The maximum absolute atomic E-state index is 11.4. The first-order valence-electron chi connectivity index (χ1n) is 6.99. The van der Waals surface area contributed by atoms with E-state index in [0.29, 0.717) is 13.1 Å². The third-order valence-corrected chi connectivity index (χ3v) is 2.50. The summed E-state index contributed by atoms with van der Waals surface area (Å²) in [7, 11) is 0. The molecule has 1 unspecified atom stereocenters. The van der Waals surface area contributed by atoms with Gasteiger partial charge in [-0.15, -0.1) is 0 Å². The third-order valence-electron chi connectivity index (χ3n) is 2.50. The van der Waals surface area contributed by atoms with Crippen molar-refractivity contribution < 1.29 is 9.53 Å². The van der Waals surface area contributed by atoms with Crippen molar-refractivity contribution in [3.05, 3.63) is 36.4 Å². The minimum absolute atomic E-state index is 0.127. The molecule has 0 fully saturated rings. The van der Waals surface area contributed by atoms with Gasteiger partial charge in [0.15, 0.2) is 0 Å². The smallest absolute Gasteiger partial charge is 0.407 e. The molecule has 116 valence electrons. The predicted octanol–water partition coefficient (Wildman–Crippen LogP) is 2.21. The van der Waals surface area contributed by atoms with Gasteiger partial charge in [-0.05, 0) is 27.7 Å². The summed E-state index contributed by atoms with van der Waals surface area (Å²) in [4.78, 5) is 19.6. The number of hydrogen-bond donors (Lipinski definition) is 2. The molecular weight excluding hydrogens is 268 g/mol. The molecule has 1 aromatic heterocycles. The summed E-state index contributed by atoms with van der Waals surface area (Å²) in [6.45, 7) is 8.65. The molecule has 0 aromatic carbocycles. The molecule has 1 heterocycles. The highest BCUT2D eigenvalue weighted by molar-refractivity contribution is 5.67. The van der Waals surface area contributed by atoms with Crippen molar-refractivity contribution in [1.82, 2.24) is 20.6 Å². The minimum Gasteiger partial charge on any atom is -0.444 e. The molecule has 2 N–H and O–H groups in total. The highest BCUT2D eigenvalue weighted by Crippen LogP contribution is 2.06. The van der Waals surface area contributed by atoms with Gasteiger partial charge in [0.05, 0.1) is 5.69 Å². The Labute approximate surface area is 126 Å². The Morgan fingerprint density at radius 3 is 2.67 bits per heavy atom. The molecule has 0 aliphatic carbocycles. The minimum atomic E-state index is -0.471. The molecule has 0 saturated heterocycles. The fraction of sp³-hybridized carbons (Fsp3) is 0.533. The molecule has 1 atom stereocenters. The van der Waals surface area contributed by atoms with Crippen LogP contribution >= 0.6 is 0 Å². The van der Waals surface area contributed by atoms with Crippen LogP contribution in [0.1, 0.15) is 39.4 Å². The summed E-state index contributed by atoms with van der Waals surface area (Å²) in [6.07, 6.45) is 8.48. The second-order valence-corrected chi connectivity index (χ2v) is 5.61. The van der Waals surface area contributed by atoms with E-state index in [0.717, 1.165) is 5.69 Å². The number of ether oxygens (including phenoxy) is 1. The SMILES string of the molecule is CC(NC/C=C/CNC(=O)OC(C)(C)C)c1cnccn1. The lowest BCUT2D eigenvalue weighted by atomic mass is 10.2. The quantitative estimate of drug-likeness (QED) is 0.786. The fourth-order valence-electron chi connectivity index (χ4n) is 1.51. The molecule has 0 radical (unpaired) electrons. The molecule has 0 aliphatic rings. The zero-order valence-electron chi connectivity index (χ0n) is 13.1. The van der Waals surface area contributed by atoms with Crippen LogP contribution in [0.4, 0.5) is 4.79 Å². The number of alkyl carbamates (subject to hydrolysis) is 1. The molecule has 0 spiro atoms. The molecule has 0 aliphatic heterocycles. The van der Waals surface area contributed by atoms with E-state index in [1.54, 1.807) is 18.6 Å². The second kappa shape index (κ2) is 8.36. The lowest BCUT2D eigenvalue weighted by Gasteiger charge is -2.19. The Kier molecular flexibility index (Phi) is 6.81. The number of carbonyl (C=O) groups excluding carboxylic acids is 1. The highest BCUT2D eigenvalue weighted by Gasteiger charge is 2.14. The summed E-state index contributed by atoms with van der Waals surface area (Å²) >= 11 is 0. The normalized spacial score (nSPS) is 13.1. The molecule has 0 saturated carbocycles. The van der Waals surface area contributed by atoms with Crippen molar-refractivity contribution in [3.63, 3.8) is 0 Å². The molecule has 0 bridgehead atoms. The van der Waals surface area contributed by atoms with Crippen molar-refractivity contribution in [2.24, 2.45) is 0 Å². The van der Waals surface area contributed by atoms with Gasteiger partial charge in [-0.3, -0.25) is 9.97 Å². The van der Waals surface area contributed by atoms with E-state index in [2.05, 4.69) is 20.6 Å². The summed E-state index contributed by atoms with van der Waals surface area (Å²) in [5.41, 5.74) is 0.430. The number of nitrogens with one attached hydrogen (secondary N) is 2. The van der Waals surface area contributed by atoms with E-state index in [9.17, 15) is 4.79 Å². The third kappa shape index (κ3) is 8.04. The molecule has 1 amide bonds. The highest BCUT2D eigenvalue weighted by atomic mass is 16.6. The van der Waals surface area contributed by atoms with Gasteiger partial charge in [0.25, 0.3) is 0 Å². The zero-order chi connectivity index (χ0) is 15.7. The molecule has 6 nitrogen and oxygen atoms in total. The van der Waals surface area contributed by atoms with Crippen LogP contribution in [0.25, 0.3) is 0 Å². The number of amides is 1. The van der Waals surface area contributed by atoms with Crippen LogP contribution in [-0.4, -0.2) is 34.8 Å². The van der Waals surface area contributed by atoms with E-state index in [1.807, 2.05) is 39.8 Å². The molecule has 6 heteroatoms. The first-order valence-corrected chi connectivity index (χ1v) is 6.99. The van der Waals surface area contributed by atoms with Crippen LogP contribution in [0.15, 0.2) is 30.7 Å². The lowest BCUT2D eigenvalue weighted by Crippen LogP contribution is -2.32. The zero-order valence-corrected chi connectivity index (χ0v) is 13.1. The Balaban J connectivity index is 2.17. The monoisotopic (exact) mass is 292 g/mol. The Morgan fingerprint density at radius 2 is 2.05 bits per heavy atom. The molecule has 1 aromatic rings.